The summed E-state index contributed by atoms with van der Waals surface area (Å²) in [4.78, 5) is 19.5. The first kappa shape index (κ1) is 5.43. The second kappa shape index (κ2) is 1.81. The third kappa shape index (κ3) is 0.608. The molecule has 2 rings (SSSR count). The van der Waals surface area contributed by atoms with E-state index in [-0.39, 0.29) is 5.56 Å². The molecule has 0 saturated heterocycles. The van der Waals surface area contributed by atoms with Crippen LogP contribution in [-0.2, 0) is 11.4 Å². The minimum absolute atomic E-state index is 0.150. The fraction of sp³-hybridized carbons (Fsp3) is 0.200. The molecule has 0 bridgehead atoms. The van der Waals surface area contributed by atoms with Crippen LogP contribution in [0.1, 0.15) is 5.82 Å². The summed E-state index contributed by atoms with van der Waals surface area (Å²) < 4.78 is 1.26. The highest BCUT2D eigenvalue weighted by atomic mass is 16.7. The van der Waals surface area contributed by atoms with Crippen LogP contribution in [0.3, 0.4) is 0 Å². The van der Waals surface area contributed by atoms with Crippen LogP contribution in [0.2, 0.25) is 0 Å². The van der Waals surface area contributed by atoms with Gasteiger partial charge in [-0.2, -0.15) is 10.3 Å². The van der Waals surface area contributed by atoms with Crippen LogP contribution < -0.4 is 11.1 Å². The molecule has 1 aliphatic heterocycles. The van der Waals surface area contributed by atoms with Crippen LogP contribution in [0.5, 0.6) is 0 Å². The van der Waals surface area contributed by atoms with Gasteiger partial charge in [0.15, 0.2) is 5.82 Å². The number of nitrogens with zero attached hydrogens (tertiary/aromatic N) is 2. The van der Waals surface area contributed by atoms with Gasteiger partial charge in [0.1, 0.15) is 6.61 Å². The SMILES string of the molecule is O=c1ccnc2n1NOC2. The Kier molecular flexibility index (Phi) is 0.983. The van der Waals surface area contributed by atoms with Crippen molar-refractivity contribution in [3.05, 3.63) is 28.4 Å². The van der Waals surface area contributed by atoms with Crippen LogP contribution in [-0.4, -0.2) is 9.66 Å². The summed E-state index contributed by atoms with van der Waals surface area (Å²) in [5.74, 6) is 0.604. The van der Waals surface area contributed by atoms with E-state index in [4.69, 9.17) is 4.84 Å². The molecule has 5 nitrogen and oxygen atoms in total. The van der Waals surface area contributed by atoms with Gasteiger partial charge < -0.3 is 0 Å². The molecule has 0 atom stereocenters. The van der Waals surface area contributed by atoms with Gasteiger partial charge in [-0.05, 0) is 0 Å². The lowest BCUT2D eigenvalue weighted by molar-refractivity contribution is 0.182. The van der Waals surface area contributed by atoms with Crippen molar-refractivity contribution in [3.63, 3.8) is 0 Å². The van der Waals surface area contributed by atoms with Crippen molar-refractivity contribution in [1.29, 1.82) is 0 Å². The normalized spacial score (nSPS) is 14.4. The maximum absolute atomic E-state index is 10.9. The quantitative estimate of drug-likeness (QED) is 0.513. The standard InChI is InChI=1S/C5H5N3O2/c9-5-1-2-6-4-3-10-7-8(4)5/h1-2,7H,3H2. The number of nitrogens with one attached hydrogen (secondary N) is 1. The Morgan fingerprint density at radius 3 is 3.50 bits per heavy atom. The number of hydrogen-bond acceptors (Lipinski definition) is 4. The van der Waals surface area contributed by atoms with Crippen molar-refractivity contribution in [2.75, 3.05) is 5.59 Å². The minimum atomic E-state index is -0.150. The average molecular weight is 139 g/mol. The van der Waals surface area contributed by atoms with Crippen LogP contribution in [0, 0.1) is 0 Å². The van der Waals surface area contributed by atoms with Gasteiger partial charge in [-0.15, -0.1) is 0 Å². The third-order valence-electron chi connectivity index (χ3n) is 1.28. The van der Waals surface area contributed by atoms with Crippen LogP contribution in [0.15, 0.2) is 17.1 Å². The van der Waals surface area contributed by atoms with E-state index in [2.05, 4.69) is 10.6 Å². The minimum Gasteiger partial charge on any atom is -0.267 e. The summed E-state index contributed by atoms with van der Waals surface area (Å²) in [6.45, 7) is 0.343. The molecule has 0 saturated carbocycles. The summed E-state index contributed by atoms with van der Waals surface area (Å²) >= 11 is 0. The molecule has 0 aromatic carbocycles. The monoisotopic (exact) mass is 139 g/mol. The van der Waals surface area contributed by atoms with E-state index < -0.39 is 0 Å². The number of hydrogen-bond donors (Lipinski definition) is 1. The molecule has 2 heterocycles. The molecule has 0 radical (unpaired) electrons. The lowest BCUT2D eigenvalue weighted by Crippen LogP contribution is -2.24. The van der Waals surface area contributed by atoms with E-state index in [0.717, 1.165) is 0 Å². The third-order valence-corrected chi connectivity index (χ3v) is 1.28. The predicted octanol–water partition coefficient (Wildman–Crippen LogP) is -0.768. The number of rotatable bonds is 0. The Hall–Kier alpha value is -1.36. The molecular formula is C5H5N3O2. The predicted molar refractivity (Wildman–Crippen MR) is 32.6 cm³/mol. The molecule has 0 fully saturated rings. The molecular weight excluding hydrogens is 134 g/mol. The van der Waals surface area contributed by atoms with Crippen LogP contribution in [0.25, 0.3) is 0 Å². The Morgan fingerprint density at radius 2 is 2.70 bits per heavy atom. The van der Waals surface area contributed by atoms with Gasteiger partial charge in [-0.25, -0.2) is 4.98 Å². The Bertz CT molecular complexity index is 306. The summed E-state index contributed by atoms with van der Waals surface area (Å²) in [6.07, 6.45) is 1.46. The first-order valence-corrected chi connectivity index (χ1v) is 2.83. The average Bonchev–Trinajstić information content (AvgIpc) is 2.36. The second-order valence-corrected chi connectivity index (χ2v) is 1.91. The van der Waals surface area contributed by atoms with E-state index >= 15 is 0 Å². The van der Waals surface area contributed by atoms with E-state index in [9.17, 15) is 4.79 Å². The van der Waals surface area contributed by atoms with Gasteiger partial charge >= 0.3 is 0 Å². The fourth-order valence-electron chi connectivity index (χ4n) is 0.807. The van der Waals surface area contributed by atoms with Gasteiger partial charge in [0, 0.05) is 12.3 Å². The lowest BCUT2D eigenvalue weighted by atomic mass is 10.6. The molecule has 0 amide bonds. The highest BCUT2D eigenvalue weighted by Crippen LogP contribution is 1.97. The summed E-state index contributed by atoms with van der Waals surface area (Å²) in [7, 11) is 0. The lowest BCUT2D eigenvalue weighted by Gasteiger charge is -1.96. The molecule has 10 heavy (non-hydrogen) atoms. The molecule has 52 valence electrons. The highest BCUT2D eigenvalue weighted by molar-refractivity contribution is 4.96. The largest absolute Gasteiger partial charge is 0.274 e. The Balaban J connectivity index is 2.70. The Labute approximate surface area is 56.2 Å². The van der Waals surface area contributed by atoms with Crippen LogP contribution >= 0.6 is 0 Å². The van der Waals surface area contributed by atoms with Crippen molar-refractivity contribution >= 4 is 0 Å². The molecule has 1 aromatic rings. The van der Waals surface area contributed by atoms with Crippen molar-refractivity contribution < 1.29 is 4.84 Å². The topological polar surface area (TPSA) is 56.2 Å². The highest BCUT2D eigenvalue weighted by Gasteiger charge is 2.10. The zero-order chi connectivity index (χ0) is 6.97. The fourth-order valence-corrected chi connectivity index (χ4v) is 0.807. The molecule has 5 heteroatoms. The number of fused-ring (bicyclic) bond motifs is 1. The summed E-state index contributed by atoms with van der Waals surface area (Å²) in [5.41, 5.74) is 2.26. The van der Waals surface area contributed by atoms with Crippen molar-refractivity contribution in [1.82, 2.24) is 9.66 Å². The first-order valence-electron chi connectivity index (χ1n) is 2.83. The van der Waals surface area contributed by atoms with Gasteiger partial charge in [-0.3, -0.25) is 9.63 Å². The smallest absolute Gasteiger partial charge is 0.267 e. The zero-order valence-electron chi connectivity index (χ0n) is 5.07. The maximum Gasteiger partial charge on any atom is 0.274 e. The van der Waals surface area contributed by atoms with Gasteiger partial charge in [0.25, 0.3) is 5.56 Å². The summed E-state index contributed by atoms with van der Waals surface area (Å²) in [6, 6.07) is 1.37. The van der Waals surface area contributed by atoms with Gasteiger partial charge in [0.05, 0.1) is 0 Å². The molecule has 1 aliphatic rings. The zero-order valence-corrected chi connectivity index (χ0v) is 5.07. The van der Waals surface area contributed by atoms with E-state index in [1.165, 1.54) is 16.9 Å². The second-order valence-electron chi connectivity index (χ2n) is 1.91. The number of aromatic nitrogens is 2. The van der Waals surface area contributed by atoms with E-state index in [1.807, 2.05) is 0 Å². The van der Waals surface area contributed by atoms with Crippen molar-refractivity contribution in [2.24, 2.45) is 0 Å². The molecule has 1 aromatic heterocycles. The molecule has 1 N–H and O–H groups in total. The van der Waals surface area contributed by atoms with E-state index in [0.29, 0.717) is 12.4 Å². The molecule has 0 spiro atoms. The molecule has 0 unspecified atom stereocenters. The van der Waals surface area contributed by atoms with Crippen LogP contribution in [0.4, 0.5) is 0 Å². The van der Waals surface area contributed by atoms with Crippen molar-refractivity contribution in [2.45, 2.75) is 6.61 Å². The first-order chi connectivity index (χ1) is 4.88. The van der Waals surface area contributed by atoms with Crippen molar-refractivity contribution in [3.8, 4) is 0 Å². The summed E-state index contributed by atoms with van der Waals surface area (Å²) in [5, 5.41) is 0. The maximum atomic E-state index is 10.9. The Morgan fingerprint density at radius 1 is 1.80 bits per heavy atom. The van der Waals surface area contributed by atoms with E-state index in [1.54, 1.807) is 0 Å². The van der Waals surface area contributed by atoms with Gasteiger partial charge in [0.2, 0.25) is 0 Å². The molecule has 0 aliphatic carbocycles. The van der Waals surface area contributed by atoms with Gasteiger partial charge in [-0.1, -0.05) is 0 Å².